The van der Waals surface area contributed by atoms with Crippen molar-refractivity contribution in [1.29, 1.82) is 0 Å². The van der Waals surface area contributed by atoms with Crippen molar-refractivity contribution < 1.29 is 0 Å². The Bertz CT molecular complexity index is 406. The molecule has 0 bridgehead atoms. The van der Waals surface area contributed by atoms with Gasteiger partial charge in [0.2, 0.25) is 0 Å². The quantitative estimate of drug-likeness (QED) is 0.718. The van der Waals surface area contributed by atoms with Crippen LogP contribution in [-0.4, -0.2) is 5.54 Å². The Balaban J connectivity index is 3.32. The predicted octanol–water partition coefficient (Wildman–Crippen LogP) is 4.09. The summed E-state index contributed by atoms with van der Waals surface area (Å²) in [5.74, 6) is 0. The van der Waals surface area contributed by atoms with Crippen molar-refractivity contribution in [3.63, 3.8) is 0 Å². The molecule has 1 rings (SSSR count). The van der Waals surface area contributed by atoms with Gasteiger partial charge in [0.1, 0.15) is 0 Å². The fourth-order valence-corrected chi connectivity index (χ4v) is 1.85. The van der Waals surface area contributed by atoms with Gasteiger partial charge in [0, 0.05) is 16.9 Å². The fraction of sp³-hybridized carbons (Fsp3) is 0.600. The van der Waals surface area contributed by atoms with Crippen LogP contribution in [0.5, 0.6) is 0 Å². The number of nitrogen functional groups attached to an aromatic ring is 1. The van der Waals surface area contributed by atoms with Crippen LogP contribution in [0, 0.1) is 6.92 Å². The first kappa shape index (κ1) is 13.9. The van der Waals surface area contributed by atoms with Gasteiger partial charge >= 0.3 is 0 Å². The predicted molar refractivity (Wildman–Crippen MR) is 77.7 cm³/mol. The Morgan fingerprint density at radius 2 is 1.53 bits per heavy atom. The monoisotopic (exact) mass is 234 g/mol. The van der Waals surface area contributed by atoms with E-state index in [1.54, 1.807) is 0 Å². The standard InChI is InChI=1S/C15H26N2/c1-10-8-11(14(2,3)4)13(9-12(10)16)17-15(5,6)7/h8-9,17H,16H2,1-7H3. The van der Waals surface area contributed by atoms with E-state index < -0.39 is 0 Å². The summed E-state index contributed by atoms with van der Waals surface area (Å²) >= 11 is 0. The van der Waals surface area contributed by atoms with Crippen LogP contribution < -0.4 is 11.1 Å². The van der Waals surface area contributed by atoms with Crippen molar-refractivity contribution in [1.82, 2.24) is 0 Å². The Labute approximate surface area is 106 Å². The van der Waals surface area contributed by atoms with E-state index in [9.17, 15) is 0 Å². The molecule has 1 aromatic rings. The van der Waals surface area contributed by atoms with Crippen LogP contribution in [0.4, 0.5) is 11.4 Å². The second kappa shape index (κ2) is 4.25. The van der Waals surface area contributed by atoms with Crippen molar-refractivity contribution in [3.05, 3.63) is 23.3 Å². The molecule has 17 heavy (non-hydrogen) atoms. The molecule has 0 aliphatic heterocycles. The summed E-state index contributed by atoms with van der Waals surface area (Å²) in [6.07, 6.45) is 0. The maximum atomic E-state index is 6.01. The van der Waals surface area contributed by atoms with E-state index in [0.29, 0.717) is 0 Å². The van der Waals surface area contributed by atoms with E-state index >= 15 is 0 Å². The number of hydrogen-bond acceptors (Lipinski definition) is 2. The van der Waals surface area contributed by atoms with Crippen molar-refractivity contribution in [2.45, 2.75) is 59.4 Å². The van der Waals surface area contributed by atoms with E-state index in [4.69, 9.17) is 5.73 Å². The molecule has 0 aromatic heterocycles. The van der Waals surface area contributed by atoms with Gasteiger partial charge in [0.15, 0.2) is 0 Å². The first-order valence-corrected chi connectivity index (χ1v) is 6.19. The molecule has 0 aliphatic rings. The molecule has 2 heteroatoms. The second-order valence-electron chi connectivity index (χ2n) is 6.88. The van der Waals surface area contributed by atoms with Crippen molar-refractivity contribution in [3.8, 4) is 0 Å². The number of anilines is 2. The third-order valence-corrected chi connectivity index (χ3v) is 2.72. The molecular formula is C15H26N2. The molecule has 2 nitrogen and oxygen atoms in total. The highest BCUT2D eigenvalue weighted by Crippen LogP contribution is 2.34. The zero-order valence-corrected chi connectivity index (χ0v) is 12.2. The topological polar surface area (TPSA) is 38.0 Å². The lowest BCUT2D eigenvalue weighted by atomic mass is 9.84. The molecule has 0 amide bonds. The summed E-state index contributed by atoms with van der Waals surface area (Å²) in [5, 5.41) is 3.54. The third-order valence-electron chi connectivity index (χ3n) is 2.72. The van der Waals surface area contributed by atoms with Crippen LogP contribution in [0.25, 0.3) is 0 Å². The van der Waals surface area contributed by atoms with Crippen LogP contribution in [0.1, 0.15) is 52.7 Å². The average molecular weight is 234 g/mol. The molecule has 0 fully saturated rings. The smallest absolute Gasteiger partial charge is 0.0402 e. The van der Waals surface area contributed by atoms with Crippen molar-refractivity contribution in [2.75, 3.05) is 11.1 Å². The van der Waals surface area contributed by atoms with Gasteiger partial charge in [0.25, 0.3) is 0 Å². The summed E-state index contributed by atoms with van der Waals surface area (Å²) in [6.45, 7) is 15.2. The van der Waals surface area contributed by atoms with Crippen LogP contribution in [0.2, 0.25) is 0 Å². The van der Waals surface area contributed by atoms with Gasteiger partial charge in [-0.15, -0.1) is 0 Å². The van der Waals surface area contributed by atoms with E-state index in [-0.39, 0.29) is 11.0 Å². The molecule has 3 N–H and O–H groups in total. The summed E-state index contributed by atoms with van der Waals surface area (Å²) in [4.78, 5) is 0. The Morgan fingerprint density at radius 3 is 1.94 bits per heavy atom. The zero-order chi connectivity index (χ0) is 13.4. The molecule has 0 heterocycles. The number of nitrogens with two attached hydrogens (primary N) is 1. The molecular weight excluding hydrogens is 208 g/mol. The lowest BCUT2D eigenvalue weighted by molar-refractivity contribution is 0.581. The largest absolute Gasteiger partial charge is 0.398 e. The number of nitrogens with one attached hydrogen (secondary N) is 1. The minimum Gasteiger partial charge on any atom is -0.398 e. The number of rotatable bonds is 1. The maximum absolute atomic E-state index is 6.01. The highest BCUT2D eigenvalue weighted by atomic mass is 15.0. The maximum Gasteiger partial charge on any atom is 0.0402 e. The molecule has 0 saturated carbocycles. The van der Waals surface area contributed by atoms with Crippen LogP contribution in [0.3, 0.4) is 0 Å². The van der Waals surface area contributed by atoms with Gasteiger partial charge < -0.3 is 11.1 Å². The number of hydrogen-bond donors (Lipinski definition) is 2. The molecule has 0 unspecified atom stereocenters. The minimum atomic E-state index is 0.0434. The van der Waals surface area contributed by atoms with Gasteiger partial charge in [-0.3, -0.25) is 0 Å². The second-order valence-corrected chi connectivity index (χ2v) is 6.88. The Morgan fingerprint density at radius 1 is 1.00 bits per heavy atom. The average Bonchev–Trinajstić information content (AvgIpc) is 2.06. The highest BCUT2D eigenvalue weighted by molar-refractivity contribution is 5.65. The third kappa shape index (κ3) is 3.65. The van der Waals surface area contributed by atoms with Crippen LogP contribution in [0.15, 0.2) is 12.1 Å². The van der Waals surface area contributed by atoms with Gasteiger partial charge in [-0.05, 0) is 50.3 Å². The van der Waals surface area contributed by atoms with Crippen LogP contribution >= 0.6 is 0 Å². The SMILES string of the molecule is Cc1cc(C(C)(C)C)c(NC(C)(C)C)cc1N. The molecule has 0 radical (unpaired) electrons. The van der Waals surface area contributed by atoms with Crippen LogP contribution in [-0.2, 0) is 5.41 Å². The molecule has 0 spiro atoms. The highest BCUT2D eigenvalue weighted by Gasteiger charge is 2.21. The van der Waals surface area contributed by atoms with E-state index in [0.717, 1.165) is 16.9 Å². The summed E-state index contributed by atoms with van der Waals surface area (Å²) in [5.41, 5.74) is 10.6. The molecule has 0 atom stereocenters. The van der Waals surface area contributed by atoms with Gasteiger partial charge in [-0.2, -0.15) is 0 Å². The molecule has 0 aliphatic carbocycles. The van der Waals surface area contributed by atoms with Crippen molar-refractivity contribution in [2.24, 2.45) is 0 Å². The Kier molecular flexibility index (Phi) is 3.47. The normalized spacial score (nSPS) is 12.6. The first-order chi connectivity index (χ1) is 7.50. The van der Waals surface area contributed by atoms with E-state index in [1.165, 1.54) is 5.56 Å². The first-order valence-electron chi connectivity index (χ1n) is 6.19. The molecule has 1 aromatic carbocycles. The van der Waals surface area contributed by atoms with Gasteiger partial charge in [0.05, 0.1) is 0 Å². The summed E-state index contributed by atoms with van der Waals surface area (Å²) in [7, 11) is 0. The lowest BCUT2D eigenvalue weighted by Gasteiger charge is -2.30. The lowest BCUT2D eigenvalue weighted by Crippen LogP contribution is -2.28. The summed E-state index contributed by atoms with van der Waals surface area (Å²) in [6, 6.07) is 4.25. The van der Waals surface area contributed by atoms with E-state index in [2.05, 4.69) is 65.9 Å². The zero-order valence-electron chi connectivity index (χ0n) is 12.2. The van der Waals surface area contributed by atoms with Crippen molar-refractivity contribution >= 4 is 11.4 Å². The molecule has 0 saturated heterocycles. The number of aryl methyl sites for hydroxylation is 1. The Hall–Kier alpha value is -1.18. The molecule has 96 valence electrons. The van der Waals surface area contributed by atoms with Gasteiger partial charge in [-0.25, -0.2) is 0 Å². The minimum absolute atomic E-state index is 0.0434. The van der Waals surface area contributed by atoms with Gasteiger partial charge in [-0.1, -0.05) is 26.8 Å². The summed E-state index contributed by atoms with van der Waals surface area (Å²) < 4.78 is 0. The van der Waals surface area contributed by atoms with E-state index in [1.807, 2.05) is 0 Å². The fourth-order valence-electron chi connectivity index (χ4n) is 1.85. The number of benzene rings is 1.